The lowest BCUT2D eigenvalue weighted by molar-refractivity contribution is -0.142. The fourth-order valence-corrected chi connectivity index (χ4v) is 2.39. The van der Waals surface area contributed by atoms with Gasteiger partial charge in [-0.1, -0.05) is 29.8 Å². The molecule has 0 radical (unpaired) electrons. The first kappa shape index (κ1) is 10.7. The minimum Gasteiger partial charge on any atom is -0.377 e. The Morgan fingerprint density at radius 2 is 2.00 bits per heavy atom. The van der Waals surface area contributed by atoms with Crippen molar-refractivity contribution in [1.82, 2.24) is 0 Å². The molecule has 0 heterocycles. The maximum atomic E-state index is 11.8. The summed E-state index contributed by atoms with van der Waals surface area (Å²) in [7, 11) is 0. The number of rotatable bonds is 1. The quantitative estimate of drug-likeness (QED) is 0.797. The number of Topliss-reactive ketones (excluding diaryl/α,β-unsaturated/α-hetero) is 1. The molecule has 0 bridgehead atoms. The van der Waals surface area contributed by atoms with Crippen LogP contribution >= 0.6 is 11.6 Å². The maximum absolute atomic E-state index is 11.8. The fourth-order valence-electron chi connectivity index (χ4n) is 2.09. The van der Waals surface area contributed by atoms with Crippen LogP contribution in [-0.2, 0) is 10.4 Å². The topological polar surface area (TPSA) is 37.3 Å². The van der Waals surface area contributed by atoms with Crippen LogP contribution in [0.5, 0.6) is 0 Å². The van der Waals surface area contributed by atoms with Gasteiger partial charge in [-0.05, 0) is 25.3 Å². The average Bonchev–Trinajstić information content (AvgIpc) is 2.23. The Labute approximate surface area is 93.9 Å². The van der Waals surface area contributed by atoms with Crippen LogP contribution < -0.4 is 0 Å². The number of hydrogen-bond donors (Lipinski definition) is 1. The molecule has 0 saturated heterocycles. The SMILES string of the molecule is O=C1CCCCC1(O)c1ccccc1Cl. The van der Waals surface area contributed by atoms with E-state index < -0.39 is 5.60 Å². The van der Waals surface area contributed by atoms with E-state index in [-0.39, 0.29) is 5.78 Å². The minimum atomic E-state index is -1.35. The maximum Gasteiger partial charge on any atom is 0.168 e. The van der Waals surface area contributed by atoms with Gasteiger partial charge in [-0.15, -0.1) is 0 Å². The van der Waals surface area contributed by atoms with Crippen LogP contribution in [0.15, 0.2) is 24.3 Å². The second-order valence-corrected chi connectivity index (χ2v) is 4.38. The van der Waals surface area contributed by atoms with Crippen molar-refractivity contribution in [3.63, 3.8) is 0 Å². The van der Waals surface area contributed by atoms with E-state index in [9.17, 15) is 9.90 Å². The van der Waals surface area contributed by atoms with Crippen molar-refractivity contribution < 1.29 is 9.90 Å². The van der Waals surface area contributed by atoms with Crippen LogP contribution in [0.4, 0.5) is 0 Å². The highest BCUT2D eigenvalue weighted by molar-refractivity contribution is 6.31. The van der Waals surface area contributed by atoms with Gasteiger partial charge < -0.3 is 5.11 Å². The molecular weight excluding hydrogens is 212 g/mol. The van der Waals surface area contributed by atoms with Crippen molar-refractivity contribution >= 4 is 17.4 Å². The molecule has 1 saturated carbocycles. The van der Waals surface area contributed by atoms with Crippen molar-refractivity contribution in [3.05, 3.63) is 34.9 Å². The number of benzene rings is 1. The third kappa shape index (κ3) is 1.80. The Morgan fingerprint density at radius 1 is 1.27 bits per heavy atom. The summed E-state index contributed by atoms with van der Waals surface area (Å²) < 4.78 is 0. The fraction of sp³-hybridized carbons (Fsp3) is 0.417. The Kier molecular flexibility index (Phi) is 2.81. The van der Waals surface area contributed by atoms with E-state index in [1.54, 1.807) is 24.3 Å². The monoisotopic (exact) mass is 224 g/mol. The van der Waals surface area contributed by atoms with E-state index in [2.05, 4.69) is 0 Å². The lowest BCUT2D eigenvalue weighted by Gasteiger charge is -2.31. The molecule has 0 amide bonds. The van der Waals surface area contributed by atoms with Crippen molar-refractivity contribution in [2.45, 2.75) is 31.3 Å². The van der Waals surface area contributed by atoms with E-state index in [1.165, 1.54) is 0 Å². The predicted molar refractivity (Wildman–Crippen MR) is 58.8 cm³/mol. The summed E-state index contributed by atoms with van der Waals surface area (Å²) in [6.07, 6.45) is 2.66. The van der Waals surface area contributed by atoms with Gasteiger partial charge in [-0.2, -0.15) is 0 Å². The summed E-state index contributed by atoms with van der Waals surface area (Å²) in [5.74, 6) is -0.109. The van der Waals surface area contributed by atoms with Gasteiger partial charge in [0.05, 0.1) is 0 Å². The molecule has 2 nitrogen and oxygen atoms in total. The molecule has 1 aliphatic carbocycles. The van der Waals surface area contributed by atoms with Gasteiger partial charge >= 0.3 is 0 Å². The highest BCUT2D eigenvalue weighted by Gasteiger charge is 2.40. The zero-order valence-corrected chi connectivity index (χ0v) is 9.13. The lowest BCUT2D eigenvalue weighted by atomic mass is 9.78. The van der Waals surface area contributed by atoms with Crippen LogP contribution in [0.1, 0.15) is 31.2 Å². The molecule has 80 valence electrons. The van der Waals surface area contributed by atoms with Gasteiger partial charge in [0.25, 0.3) is 0 Å². The van der Waals surface area contributed by atoms with Crippen LogP contribution in [0, 0.1) is 0 Å². The first-order valence-electron chi connectivity index (χ1n) is 5.15. The van der Waals surface area contributed by atoms with Crippen molar-refractivity contribution in [2.24, 2.45) is 0 Å². The molecular formula is C12H13ClO2. The number of aliphatic hydroxyl groups is 1. The van der Waals surface area contributed by atoms with Gasteiger partial charge in [0.1, 0.15) is 5.60 Å². The van der Waals surface area contributed by atoms with Gasteiger partial charge in [0, 0.05) is 17.0 Å². The third-order valence-electron chi connectivity index (χ3n) is 2.97. The number of carbonyl (C=O) groups is 1. The van der Waals surface area contributed by atoms with E-state index >= 15 is 0 Å². The van der Waals surface area contributed by atoms with Crippen LogP contribution in [0.2, 0.25) is 5.02 Å². The summed E-state index contributed by atoms with van der Waals surface area (Å²) >= 11 is 6.00. The molecule has 2 rings (SSSR count). The number of ketones is 1. The number of halogens is 1. The van der Waals surface area contributed by atoms with E-state index in [1.807, 2.05) is 0 Å². The van der Waals surface area contributed by atoms with E-state index in [0.29, 0.717) is 23.4 Å². The van der Waals surface area contributed by atoms with E-state index in [4.69, 9.17) is 11.6 Å². The largest absolute Gasteiger partial charge is 0.377 e. The molecule has 1 aromatic rings. The summed E-state index contributed by atoms with van der Waals surface area (Å²) in [5, 5.41) is 10.8. The highest BCUT2D eigenvalue weighted by Crippen LogP contribution is 2.37. The summed E-state index contributed by atoms with van der Waals surface area (Å²) in [6.45, 7) is 0. The number of carbonyl (C=O) groups excluding carboxylic acids is 1. The summed E-state index contributed by atoms with van der Waals surface area (Å²) in [5.41, 5.74) is -0.798. The molecule has 1 fully saturated rings. The normalized spacial score (nSPS) is 26.7. The first-order valence-corrected chi connectivity index (χ1v) is 5.53. The van der Waals surface area contributed by atoms with Gasteiger partial charge in [-0.25, -0.2) is 0 Å². The Morgan fingerprint density at radius 3 is 2.67 bits per heavy atom. The van der Waals surface area contributed by atoms with Crippen LogP contribution in [0.25, 0.3) is 0 Å². The Balaban J connectivity index is 2.44. The second kappa shape index (κ2) is 3.95. The summed E-state index contributed by atoms with van der Waals surface area (Å²) in [6, 6.07) is 7.02. The minimum absolute atomic E-state index is 0.109. The number of hydrogen-bond acceptors (Lipinski definition) is 2. The zero-order chi connectivity index (χ0) is 10.9. The second-order valence-electron chi connectivity index (χ2n) is 3.97. The molecule has 0 aromatic heterocycles. The molecule has 1 unspecified atom stereocenters. The van der Waals surface area contributed by atoms with Crippen molar-refractivity contribution in [2.75, 3.05) is 0 Å². The van der Waals surface area contributed by atoms with E-state index in [0.717, 1.165) is 12.8 Å². The smallest absolute Gasteiger partial charge is 0.168 e. The van der Waals surface area contributed by atoms with Crippen LogP contribution in [-0.4, -0.2) is 10.9 Å². The molecule has 15 heavy (non-hydrogen) atoms. The molecule has 1 aromatic carbocycles. The molecule has 1 atom stereocenters. The molecule has 0 spiro atoms. The van der Waals surface area contributed by atoms with Crippen LogP contribution in [0.3, 0.4) is 0 Å². The zero-order valence-electron chi connectivity index (χ0n) is 8.37. The molecule has 0 aliphatic heterocycles. The highest BCUT2D eigenvalue weighted by atomic mass is 35.5. The summed E-state index contributed by atoms with van der Waals surface area (Å²) in [4.78, 5) is 11.8. The molecule has 1 N–H and O–H groups in total. The van der Waals surface area contributed by atoms with Gasteiger partial charge in [0.15, 0.2) is 5.78 Å². The third-order valence-corrected chi connectivity index (χ3v) is 3.30. The Hall–Kier alpha value is -0.860. The van der Waals surface area contributed by atoms with Gasteiger partial charge in [-0.3, -0.25) is 4.79 Å². The average molecular weight is 225 g/mol. The standard InChI is InChI=1S/C12H13ClO2/c13-10-6-2-1-5-9(10)12(15)8-4-3-7-11(12)14/h1-2,5-6,15H,3-4,7-8H2. The van der Waals surface area contributed by atoms with Gasteiger partial charge in [0.2, 0.25) is 0 Å². The first-order chi connectivity index (χ1) is 7.14. The Bertz CT molecular complexity index is 389. The molecule has 1 aliphatic rings. The van der Waals surface area contributed by atoms with Crippen molar-refractivity contribution in [1.29, 1.82) is 0 Å². The van der Waals surface area contributed by atoms with Crippen molar-refractivity contribution in [3.8, 4) is 0 Å². The molecule has 3 heteroatoms. The predicted octanol–water partition coefficient (Wildman–Crippen LogP) is 2.67. The lowest BCUT2D eigenvalue weighted by Crippen LogP contribution is -2.38.